The van der Waals surface area contributed by atoms with Crippen molar-refractivity contribution in [1.82, 2.24) is 4.90 Å². The van der Waals surface area contributed by atoms with Gasteiger partial charge in [0.05, 0.1) is 0 Å². The van der Waals surface area contributed by atoms with Crippen molar-refractivity contribution >= 4 is 11.6 Å². The molecule has 1 aliphatic heterocycles. The van der Waals surface area contributed by atoms with Crippen LogP contribution in [0.15, 0.2) is 18.2 Å². The van der Waals surface area contributed by atoms with E-state index >= 15 is 0 Å². The number of nitrogens with one attached hydrogen (secondary N) is 1. The smallest absolute Gasteiger partial charge is 0.244 e. The summed E-state index contributed by atoms with van der Waals surface area (Å²) in [7, 11) is 0. The highest BCUT2D eigenvalue weighted by Crippen LogP contribution is 2.16. The molecule has 1 fully saturated rings. The minimum Gasteiger partial charge on any atom is -0.374 e. The number of likely N-dealkylation sites (tertiary alicyclic amines) is 1. The van der Waals surface area contributed by atoms with Crippen molar-refractivity contribution in [1.29, 1.82) is 0 Å². The average molecular weight is 264 g/mol. The second kappa shape index (κ2) is 6.04. The van der Waals surface area contributed by atoms with Gasteiger partial charge in [0, 0.05) is 18.8 Å². The van der Waals surface area contributed by atoms with E-state index in [-0.39, 0.29) is 17.8 Å². The Balaban J connectivity index is 1.99. The number of anilines is 1. The van der Waals surface area contributed by atoms with Gasteiger partial charge < -0.3 is 10.2 Å². The van der Waals surface area contributed by atoms with Gasteiger partial charge in [-0.15, -0.1) is 0 Å². The van der Waals surface area contributed by atoms with E-state index in [1.54, 1.807) is 0 Å². The molecular formula is C15H21FN2O. The van der Waals surface area contributed by atoms with Crippen LogP contribution in [0.3, 0.4) is 0 Å². The average Bonchev–Trinajstić information content (AvgIpc) is 2.37. The summed E-state index contributed by atoms with van der Waals surface area (Å²) in [6.45, 7) is 5.35. The minimum atomic E-state index is -0.320. The number of rotatable bonds is 3. The van der Waals surface area contributed by atoms with Gasteiger partial charge in [0.2, 0.25) is 5.91 Å². The number of amides is 1. The van der Waals surface area contributed by atoms with Crippen molar-refractivity contribution in [3.63, 3.8) is 0 Å². The summed E-state index contributed by atoms with van der Waals surface area (Å²) in [5.41, 5.74) is 1.51. The third-order valence-corrected chi connectivity index (χ3v) is 3.46. The predicted molar refractivity (Wildman–Crippen MR) is 74.7 cm³/mol. The molecule has 1 unspecified atom stereocenters. The zero-order valence-corrected chi connectivity index (χ0v) is 11.6. The van der Waals surface area contributed by atoms with Gasteiger partial charge in [-0.2, -0.15) is 0 Å². The zero-order valence-electron chi connectivity index (χ0n) is 11.6. The number of piperidine rings is 1. The molecule has 1 amide bonds. The summed E-state index contributed by atoms with van der Waals surface area (Å²) >= 11 is 0. The van der Waals surface area contributed by atoms with E-state index in [0.717, 1.165) is 31.5 Å². The van der Waals surface area contributed by atoms with E-state index in [4.69, 9.17) is 0 Å². The fourth-order valence-electron chi connectivity index (χ4n) is 2.52. The molecule has 1 atom stereocenters. The Kier molecular flexibility index (Phi) is 4.40. The molecule has 0 radical (unpaired) electrons. The Labute approximate surface area is 113 Å². The lowest BCUT2D eigenvalue weighted by Crippen LogP contribution is -2.43. The number of hydrogen-bond acceptors (Lipinski definition) is 2. The summed E-state index contributed by atoms with van der Waals surface area (Å²) in [5.74, 6) is -0.179. The fraction of sp³-hybridized carbons (Fsp3) is 0.533. The first-order valence-corrected chi connectivity index (χ1v) is 6.89. The van der Waals surface area contributed by atoms with Gasteiger partial charge in [0.25, 0.3) is 0 Å². The molecule has 0 aliphatic carbocycles. The molecule has 0 spiro atoms. The highest BCUT2D eigenvalue weighted by atomic mass is 19.1. The van der Waals surface area contributed by atoms with E-state index in [2.05, 4.69) is 5.32 Å². The second-order valence-electron chi connectivity index (χ2n) is 5.27. The molecule has 104 valence electrons. The number of benzene rings is 1. The third-order valence-electron chi connectivity index (χ3n) is 3.46. The number of hydrogen-bond donors (Lipinski definition) is 1. The van der Waals surface area contributed by atoms with Crippen molar-refractivity contribution in [3.05, 3.63) is 29.6 Å². The molecular weight excluding hydrogens is 243 g/mol. The summed E-state index contributed by atoms with van der Waals surface area (Å²) < 4.78 is 13.3. The number of nitrogens with zero attached hydrogens (tertiary/aromatic N) is 1. The lowest BCUT2D eigenvalue weighted by molar-refractivity contribution is -0.132. The summed E-state index contributed by atoms with van der Waals surface area (Å²) in [4.78, 5) is 14.1. The highest BCUT2D eigenvalue weighted by molar-refractivity contribution is 5.84. The maximum Gasteiger partial charge on any atom is 0.244 e. The van der Waals surface area contributed by atoms with Gasteiger partial charge in [0.1, 0.15) is 11.9 Å². The molecule has 1 saturated heterocycles. The molecule has 4 heteroatoms. The van der Waals surface area contributed by atoms with Crippen LogP contribution in [0.1, 0.15) is 31.7 Å². The second-order valence-corrected chi connectivity index (χ2v) is 5.27. The van der Waals surface area contributed by atoms with E-state index in [9.17, 15) is 9.18 Å². The van der Waals surface area contributed by atoms with Crippen molar-refractivity contribution < 1.29 is 9.18 Å². The summed E-state index contributed by atoms with van der Waals surface area (Å²) in [6.07, 6.45) is 3.36. The molecule has 2 rings (SSSR count). The Morgan fingerprint density at radius 3 is 2.58 bits per heavy atom. The first kappa shape index (κ1) is 13.8. The van der Waals surface area contributed by atoms with Crippen LogP contribution in [-0.4, -0.2) is 29.9 Å². The molecule has 19 heavy (non-hydrogen) atoms. The van der Waals surface area contributed by atoms with E-state index in [1.807, 2.05) is 24.8 Å². The Morgan fingerprint density at radius 1 is 1.26 bits per heavy atom. The SMILES string of the molecule is Cc1cc(F)cc(NC(C)C(=O)N2CCCCC2)c1. The standard InChI is InChI=1S/C15H21FN2O/c1-11-8-13(16)10-14(9-11)17-12(2)15(19)18-6-4-3-5-7-18/h8-10,12,17H,3-7H2,1-2H3. The highest BCUT2D eigenvalue weighted by Gasteiger charge is 2.21. The molecule has 1 heterocycles. The van der Waals surface area contributed by atoms with Crippen LogP contribution < -0.4 is 5.32 Å². The van der Waals surface area contributed by atoms with Crippen LogP contribution in [0.2, 0.25) is 0 Å². The molecule has 0 bridgehead atoms. The quantitative estimate of drug-likeness (QED) is 0.910. The summed E-state index contributed by atoms with van der Waals surface area (Å²) in [6, 6.07) is 4.43. The minimum absolute atomic E-state index is 0.0987. The van der Waals surface area contributed by atoms with Crippen LogP contribution in [-0.2, 0) is 4.79 Å². The van der Waals surface area contributed by atoms with Crippen LogP contribution in [0.25, 0.3) is 0 Å². The first-order chi connectivity index (χ1) is 9.06. The summed E-state index contributed by atoms with van der Waals surface area (Å²) in [5, 5.41) is 3.09. The first-order valence-electron chi connectivity index (χ1n) is 6.89. The van der Waals surface area contributed by atoms with E-state index in [1.165, 1.54) is 18.6 Å². The molecule has 1 N–H and O–H groups in total. The molecule has 1 aliphatic rings. The Hall–Kier alpha value is -1.58. The van der Waals surface area contributed by atoms with Gasteiger partial charge in [-0.05, 0) is 56.9 Å². The van der Waals surface area contributed by atoms with Gasteiger partial charge in [0.15, 0.2) is 0 Å². The topological polar surface area (TPSA) is 32.3 Å². The Morgan fingerprint density at radius 2 is 1.95 bits per heavy atom. The number of carbonyl (C=O) groups is 1. The van der Waals surface area contributed by atoms with Crippen molar-refractivity contribution in [2.24, 2.45) is 0 Å². The van der Waals surface area contributed by atoms with Gasteiger partial charge in [-0.3, -0.25) is 4.79 Å². The lowest BCUT2D eigenvalue weighted by atomic mass is 10.1. The molecule has 0 saturated carbocycles. The van der Waals surface area contributed by atoms with Crippen molar-refractivity contribution in [3.8, 4) is 0 Å². The van der Waals surface area contributed by atoms with Crippen molar-refractivity contribution in [2.45, 2.75) is 39.2 Å². The number of carbonyl (C=O) groups excluding carboxylic acids is 1. The molecule has 1 aromatic carbocycles. The number of halogens is 1. The predicted octanol–water partition coefficient (Wildman–Crippen LogP) is 2.95. The van der Waals surface area contributed by atoms with Gasteiger partial charge >= 0.3 is 0 Å². The zero-order chi connectivity index (χ0) is 13.8. The molecule has 1 aromatic rings. The van der Waals surface area contributed by atoms with Gasteiger partial charge in [-0.1, -0.05) is 0 Å². The molecule has 3 nitrogen and oxygen atoms in total. The number of aryl methyl sites for hydroxylation is 1. The molecule has 0 aromatic heterocycles. The van der Waals surface area contributed by atoms with Crippen LogP contribution in [0.5, 0.6) is 0 Å². The van der Waals surface area contributed by atoms with E-state index in [0.29, 0.717) is 5.69 Å². The third kappa shape index (κ3) is 3.69. The van der Waals surface area contributed by atoms with Crippen LogP contribution in [0.4, 0.5) is 10.1 Å². The van der Waals surface area contributed by atoms with Crippen LogP contribution in [0, 0.1) is 12.7 Å². The monoisotopic (exact) mass is 264 g/mol. The van der Waals surface area contributed by atoms with Gasteiger partial charge in [-0.25, -0.2) is 4.39 Å². The fourth-order valence-corrected chi connectivity index (χ4v) is 2.52. The van der Waals surface area contributed by atoms with E-state index < -0.39 is 0 Å². The normalized spacial score (nSPS) is 17.1. The maximum absolute atomic E-state index is 13.3. The Bertz CT molecular complexity index is 435. The maximum atomic E-state index is 13.3. The lowest BCUT2D eigenvalue weighted by Gasteiger charge is -2.29. The largest absolute Gasteiger partial charge is 0.374 e. The van der Waals surface area contributed by atoms with Crippen LogP contribution >= 0.6 is 0 Å². The van der Waals surface area contributed by atoms with Crippen molar-refractivity contribution in [2.75, 3.05) is 18.4 Å².